The van der Waals surface area contributed by atoms with Gasteiger partial charge < -0.3 is 9.47 Å². The molecule has 1 aliphatic heterocycles. The molecule has 4 rings (SSSR count). The van der Waals surface area contributed by atoms with Gasteiger partial charge >= 0.3 is 6.03 Å². The molecule has 1 saturated heterocycles. The van der Waals surface area contributed by atoms with E-state index >= 15 is 0 Å². The normalized spacial score (nSPS) is 14.7. The second-order valence-electron chi connectivity index (χ2n) is 7.60. The molecule has 10 heteroatoms. The van der Waals surface area contributed by atoms with Gasteiger partial charge in [-0.05, 0) is 95.2 Å². The number of carbonyl (C=O) groups excluding carboxylic acids is 3. The van der Waals surface area contributed by atoms with Crippen molar-refractivity contribution >= 4 is 79.7 Å². The zero-order valence-electron chi connectivity index (χ0n) is 18.9. The van der Waals surface area contributed by atoms with E-state index in [-0.39, 0.29) is 11.3 Å². The smallest absolute Gasteiger partial charge is 0.335 e. The largest absolute Gasteiger partial charge is 0.490 e. The number of amides is 4. The number of carbonyl (C=O) groups is 3. The van der Waals surface area contributed by atoms with Crippen LogP contribution in [0.25, 0.3) is 6.08 Å². The number of benzene rings is 3. The van der Waals surface area contributed by atoms with Crippen LogP contribution in [0, 0.1) is 3.57 Å². The molecule has 0 radical (unpaired) electrons. The Morgan fingerprint density at radius 2 is 1.67 bits per heavy atom. The van der Waals surface area contributed by atoms with Gasteiger partial charge in [-0.15, -0.1) is 0 Å². The van der Waals surface area contributed by atoms with Gasteiger partial charge in [0.25, 0.3) is 11.8 Å². The van der Waals surface area contributed by atoms with Crippen molar-refractivity contribution in [3.05, 3.63) is 90.4 Å². The molecule has 36 heavy (non-hydrogen) atoms. The maximum atomic E-state index is 13.2. The lowest BCUT2D eigenvalue weighted by atomic mass is 10.1. The van der Waals surface area contributed by atoms with Crippen molar-refractivity contribution in [2.75, 3.05) is 11.5 Å². The van der Waals surface area contributed by atoms with Crippen LogP contribution in [-0.2, 0) is 16.2 Å². The first-order valence-corrected chi connectivity index (χ1v) is 13.0. The lowest BCUT2D eigenvalue weighted by Crippen LogP contribution is -2.54. The summed E-state index contributed by atoms with van der Waals surface area (Å²) in [5.74, 6) is -0.594. The average Bonchev–Trinajstić information content (AvgIpc) is 2.84. The summed E-state index contributed by atoms with van der Waals surface area (Å²) in [5, 5.41) is 2.66. The number of hydrogen-bond acceptors (Lipinski definition) is 5. The van der Waals surface area contributed by atoms with Gasteiger partial charge in [0.15, 0.2) is 11.5 Å². The number of rotatable bonds is 7. The van der Waals surface area contributed by atoms with E-state index in [1.165, 1.54) is 18.2 Å². The van der Waals surface area contributed by atoms with Crippen molar-refractivity contribution in [2.45, 2.75) is 13.5 Å². The summed E-state index contributed by atoms with van der Waals surface area (Å²) < 4.78 is 13.5. The molecule has 0 aromatic heterocycles. The van der Waals surface area contributed by atoms with Gasteiger partial charge in [-0.25, -0.2) is 9.69 Å². The van der Waals surface area contributed by atoms with Crippen LogP contribution < -0.4 is 19.7 Å². The molecule has 0 atom stereocenters. The summed E-state index contributed by atoms with van der Waals surface area (Å²) in [6.07, 6.45) is 1.41. The van der Waals surface area contributed by atoms with Crippen LogP contribution in [0.15, 0.2) is 70.7 Å². The molecule has 184 valence electrons. The molecule has 0 bridgehead atoms. The standard InChI is InChI=1S/C26H19BrClIN2O5/c1-2-35-22-12-16(21(27)13-23(22)36-14-15-3-7-18(29)8-4-15)11-20-24(32)30-26(34)31(25(20)33)19-9-5-17(28)6-10-19/h3-13H,2,14H2,1H3,(H,30,32,34)/b20-11+. The highest BCUT2D eigenvalue weighted by Gasteiger charge is 2.37. The van der Waals surface area contributed by atoms with Gasteiger partial charge in [-0.1, -0.05) is 39.7 Å². The Labute approximate surface area is 234 Å². The van der Waals surface area contributed by atoms with Crippen molar-refractivity contribution < 1.29 is 23.9 Å². The van der Waals surface area contributed by atoms with Gasteiger partial charge in [-0.2, -0.15) is 0 Å². The molecule has 1 N–H and O–H groups in total. The quantitative estimate of drug-likeness (QED) is 0.179. The van der Waals surface area contributed by atoms with E-state index in [1.807, 2.05) is 31.2 Å². The summed E-state index contributed by atoms with van der Waals surface area (Å²) in [4.78, 5) is 39.1. The first-order chi connectivity index (χ1) is 17.3. The molecule has 0 aliphatic carbocycles. The third-order valence-electron chi connectivity index (χ3n) is 5.16. The van der Waals surface area contributed by atoms with Gasteiger partial charge in [0, 0.05) is 13.1 Å². The van der Waals surface area contributed by atoms with E-state index in [4.69, 9.17) is 21.1 Å². The highest BCUT2D eigenvalue weighted by molar-refractivity contribution is 14.1. The molecule has 0 unspecified atom stereocenters. The van der Waals surface area contributed by atoms with Crippen molar-refractivity contribution in [3.8, 4) is 11.5 Å². The second-order valence-corrected chi connectivity index (χ2v) is 10.1. The molecule has 4 amide bonds. The zero-order valence-corrected chi connectivity index (χ0v) is 23.4. The number of halogens is 3. The van der Waals surface area contributed by atoms with E-state index in [0.29, 0.717) is 39.8 Å². The molecule has 7 nitrogen and oxygen atoms in total. The predicted octanol–water partition coefficient (Wildman–Crippen LogP) is 6.35. The fourth-order valence-electron chi connectivity index (χ4n) is 3.42. The summed E-state index contributed by atoms with van der Waals surface area (Å²) in [6.45, 7) is 2.57. The summed E-state index contributed by atoms with van der Waals surface area (Å²) in [7, 11) is 0. The van der Waals surface area contributed by atoms with E-state index in [2.05, 4.69) is 43.8 Å². The molecule has 0 spiro atoms. The first-order valence-electron chi connectivity index (χ1n) is 10.8. The van der Waals surface area contributed by atoms with Gasteiger partial charge in [0.2, 0.25) is 0 Å². The lowest BCUT2D eigenvalue weighted by Gasteiger charge is -2.26. The minimum absolute atomic E-state index is 0.208. The number of urea groups is 1. The van der Waals surface area contributed by atoms with Crippen LogP contribution in [0.3, 0.4) is 0 Å². The average molecular weight is 682 g/mol. The Bertz CT molecular complexity index is 1360. The van der Waals surface area contributed by atoms with Crippen LogP contribution in [0.4, 0.5) is 10.5 Å². The Morgan fingerprint density at radius 1 is 1.00 bits per heavy atom. The van der Waals surface area contributed by atoms with Crippen molar-refractivity contribution in [1.82, 2.24) is 5.32 Å². The third-order valence-corrected chi connectivity index (χ3v) is 6.81. The maximum Gasteiger partial charge on any atom is 0.335 e. The first kappa shape index (κ1) is 26.2. The van der Waals surface area contributed by atoms with Crippen molar-refractivity contribution in [3.63, 3.8) is 0 Å². The molecular weight excluding hydrogens is 663 g/mol. The monoisotopic (exact) mass is 680 g/mol. The molecule has 1 heterocycles. The topological polar surface area (TPSA) is 84.9 Å². The third kappa shape index (κ3) is 5.91. The fraction of sp³-hybridized carbons (Fsp3) is 0.115. The van der Waals surface area contributed by atoms with E-state index in [9.17, 15) is 14.4 Å². The molecular formula is C26H19BrClIN2O5. The number of nitrogens with one attached hydrogen (secondary N) is 1. The zero-order chi connectivity index (χ0) is 25.8. The number of ether oxygens (including phenoxy) is 2. The molecule has 3 aromatic rings. The van der Waals surface area contributed by atoms with Gasteiger partial charge in [0.1, 0.15) is 12.2 Å². The molecule has 1 aliphatic rings. The molecule has 1 fully saturated rings. The maximum absolute atomic E-state index is 13.2. The number of anilines is 1. The number of hydrogen-bond donors (Lipinski definition) is 1. The molecule has 3 aromatic carbocycles. The van der Waals surface area contributed by atoms with Crippen molar-refractivity contribution in [1.29, 1.82) is 0 Å². The summed E-state index contributed by atoms with van der Waals surface area (Å²) in [6, 6.07) is 16.7. The fourth-order valence-corrected chi connectivity index (χ4v) is 4.34. The minimum Gasteiger partial charge on any atom is -0.490 e. The molecule has 0 saturated carbocycles. The van der Waals surface area contributed by atoms with Crippen LogP contribution in [0.1, 0.15) is 18.1 Å². The van der Waals surface area contributed by atoms with Crippen LogP contribution in [-0.4, -0.2) is 24.5 Å². The predicted molar refractivity (Wildman–Crippen MR) is 149 cm³/mol. The summed E-state index contributed by atoms with van der Waals surface area (Å²) >= 11 is 11.7. The van der Waals surface area contributed by atoms with Gasteiger partial charge in [-0.3, -0.25) is 14.9 Å². The Balaban J connectivity index is 1.65. The Kier molecular flexibility index (Phi) is 8.32. The van der Waals surface area contributed by atoms with Gasteiger partial charge in [0.05, 0.1) is 12.3 Å². The van der Waals surface area contributed by atoms with E-state index < -0.39 is 17.8 Å². The Morgan fingerprint density at radius 3 is 2.33 bits per heavy atom. The summed E-state index contributed by atoms with van der Waals surface area (Å²) in [5.41, 5.74) is 1.58. The highest BCUT2D eigenvalue weighted by atomic mass is 127. The number of imide groups is 2. The van der Waals surface area contributed by atoms with Crippen LogP contribution in [0.5, 0.6) is 11.5 Å². The van der Waals surface area contributed by atoms with E-state index in [0.717, 1.165) is 14.0 Å². The Hall–Kier alpha value is -2.89. The number of barbiturate groups is 1. The van der Waals surface area contributed by atoms with E-state index in [1.54, 1.807) is 24.3 Å². The van der Waals surface area contributed by atoms with Crippen LogP contribution in [0.2, 0.25) is 5.02 Å². The highest BCUT2D eigenvalue weighted by Crippen LogP contribution is 2.36. The lowest BCUT2D eigenvalue weighted by molar-refractivity contribution is -0.122. The van der Waals surface area contributed by atoms with Crippen LogP contribution >= 0.6 is 50.1 Å². The van der Waals surface area contributed by atoms with Crippen molar-refractivity contribution in [2.24, 2.45) is 0 Å². The second kappa shape index (κ2) is 11.4. The minimum atomic E-state index is -0.835. The SMILES string of the molecule is CCOc1cc(/C=C2\C(=O)NC(=O)N(c3ccc(Cl)cc3)C2=O)c(Br)cc1OCc1ccc(I)cc1. The number of nitrogens with zero attached hydrogens (tertiary/aromatic N) is 1.